The van der Waals surface area contributed by atoms with Gasteiger partial charge in [-0.05, 0) is 38.0 Å². The van der Waals surface area contributed by atoms with Crippen LogP contribution in [0.3, 0.4) is 0 Å². The second kappa shape index (κ2) is 17.3. The molecule has 0 aliphatic carbocycles. The molecule has 2 N–H and O–H groups in total. The number of hydrogen-bond acceptors (Lipinski definition) is 3. The summed E-state index contributed by atoms with van der Waals surface area (Å²) in [4.78, 5) is 4.33. The highest BCUT2D eigenvalue weighted by atomic mass is 16.3. The number of amidine groups is 1. The van der Waals surface area contributed by atoms with Gasteiger partial charge in [-0.15, -0.1) is 0 Å². The van der Waals surface area contributed by atoms with Crippen molar-refractivity contribution in [2.24, 2.45) is 10.9 Å². The standard InChI is InChI=1S/C24H46N2O/c1-3-4-5-6-7-8-9-10-11-12-13-14-15-16-17-18-19-22(2)23(27)24-25-20-21-26-24/h10-11,22-23,27H,3-9,12-21H2,1-2H3,(H,25,26). The highest BCUT2D eigenvalue weighted by molar-refractivity contribution is 5.87. The number of aliphatic hydroxyl groups is 1. The lowest BCUT2D eigenvalue weighted by Crippen LogP contribution is -2.35. The Morgan fingerprint density at radius 1 is 0.889 bits per heavy atom. The molecule has 0 radical (unpaired) electrons. The third-order valence-corrected chi connectivity index (χ3v) is 5.69. The maximum Gasteiger partial charge on any atom is 0.126 e. The maximum absolute atomic E-state index is 10.2. The van der Waals surface area contributed by atoms with Crippen LogP contribution in [-0.2, 0) is 0 Å². The molecule has 1 aliphatic heterocycles. The van der Waals surface area contributed by atoms with Gasteiger partial charge in [0.05, 0.1) is 6.54 Å². The Kier molecular flexibility index (Phi) is 15.5. The molecule has 0 saturated carbocycles. The van der Waals surface area contributed by atoms with E-state index >= 15 is 0 Å². The van der Waals surface area contributed by atoms with Gasteiger partial charge in [-0.3, -0.25) is 4.99 Å². The quantitative estimate of drug-likeness (QED) is 0.214. The molecule has 3 heteroatoms. The van der Waals surface area contributed by atoms with E-state index in [0.717, 1.165) is 25.3 Å². The van der Waals surface area contributed by atoms with Gasteiger partial charge in [-0.25, -0.2) is 0 Å². The van der Waals surface area contributed by atoms with Crippen molar-refractivity contribution in [2.75, 3.05) is 13.1 Å². The Morgan fingerprint density at radius 2 is 1.44 bits per heavy atom. The molecule has 0 spiro atoms. The maximum atomic E-state index is 10.2. The number of unbranched alkanes of at least 4 members (excludes halogenated alkanes) is 12. The molecule has 0 amide bonds. The van der Waals surface area contributed by atoms with Crippen LogP contribution in [0.25, 0.3) is 0 Å². The van der Waals surface area contributed by atoms with E-state index in [-0.39, 0.29) is 0 Å². The second-order valence-electron chi connectivity index (χ2n) is 8.34. The van der Waals surface area contributed by atoms with Crippen molar-refractivity contribution < 1.29 is 5.11 Å². The normalized spacial score (nSPS) is 16.5. The van der Waals surface area contributed by atoms with E-state index in [1.54, 1.807) is 0 Å². The fourth-order valence-electron chi connectivity index (χ4n) is 3.76. The summed E-state index contributed by atoms with van der Waals surface area (Å²) in [7, 11) is 0. The minimum absolute atomic E-state index is 0.311. The molecule has 3 nitrogen and oxygen atoms in total. The van der Waals surface area contributed by atoms with Crippen LogP contribution >= 0.6 is 0 Å². The van der Waals surface area contributed by atoms with Crippen molar-refractivity contribution in [1.29, 1.82) is 0 Å². The molecule has 1 rings (SSSR count). The summed E-state index contributed by atoms with van der Waals surface area (Å²) in [5.41, 5.74) is 0. The molecule has 2 unspecified atom stereocenters. The average molecular weight is 379 g/mol. The smallest absolute Gasteiger partial charge is 0.126 e. The number of aliphatic hydroxyl groups excluding tert-OH is 1. The van der Waals surface area contributed by atoms with Gasteiger partial charge in [0.2, 0.25) is 0 Å². The second-order valence-corrected chi connectivity index (χ2v) is 8.34. The highest BCUT2D eigenvalue weighted by Crippen LogP contribution is 2.17. The zero-order valence-corrected chi connectivity index (χ0v) is 18.2. The first-order valence-corrected chi connectivity index (χ1v) is 11.9. The molecule has 0 aromatic rings. The van der Waals surface area contributed by atoms with Crippen LogP contribution in [0.15, 0.2) is 17.1 Å². The molecule has 27 heavy (non-hydrogen) atoms. The van der Waals surface area contributed by atoms with Crippen LogP contribution in [0.4, 0.5) is 0 Å². The molecule has 0 aromatic heterocycles. The van der Waals surface area contributed by atoms with E-state index in [9.17, 15) is 5.11 Å². The molecule has 158 valence electrons. The minimum Gasteiger partial charge on any atom is -0.385 e. The molecule has 0 fully saturated rings. The Bertz CT molecular complexity index is 392. The van der Waals surface area contributed by atoms with Gasteiger partial charge < -0.3 is 10.4 Å². The number of nitrogens with one attached hydrogen (secondary N) is 1. The van der Waals surface area contributed by atoms with E-state index in [1.165, 1.54) is 89.9 Å². The van der Waals surface area contributed by atoms with Crippen molar-refractivity contribution in [3.8, 4) is 0 Å². The van der Waals surface area contributed by atoms with Crippen molar-refractivity contribution >= 4 is 5.84 Å². The number of aliphatic imine (C=N–C) groups is 1. The first-order chi connectivity index (χ1) is 13.3. The van der Waals surface area contributed by atoms with Crippen molar-refractivity contribution in [3.05, 3.63) is 12.2 Å². The zero-order valence-electron chi connectivity index (χ0n) is 18.2. The summed E-state index contributed by atoms with van der Waals surface area (Å²) in [5.74, 6) is 1.12. The van der Waals surface area contributed by atoms with Crippen molar-refractivity contribution in [1.82, 2.24) is 5.32 Å². The Morgan fingerprint density at radius 3 is 2.00 bits per heavy atom. The topological polar surface area (TPSA) is 44.6 Å². The third-order valence-electron chi connectivity index (χ3n) is 5.69. The van der Waals surface area contributed by atoms with E-state index in [1.807, 2.05) is 0 Å². The average Bonchev–Trinajstić information content (AvgIpc) is 3.21. The van der Waals surface area contributed by atoms with Crippen LogP contribution in [0.2, 0.25) is 0 Å². The van der Waals surface area contributed by atoms with Gasteiger partial charge in [0.1, 0.15) is 11.9 Å². The Labute approximate surface area is 169 Å². The molecule has 0 bridgehead atoms. The molecule has 1 heterocycles. The number of hydrogen-bond donors (Lipinski definition) is 2. The van der Waals surface area contributed by atoms with Crippen molar-refractivity contribution in [2.45, 2.75) is 116 Å². The fraction of sp³-hybridized carbons (Fsp3) is 0.875. The lowest BCUT2D eigenvalue weighted by molar-refractivity contribution is 0.169. The molecule has 0 saturated heterocycles. The van der Waals surface area contributed by atoms with Gasteiger partial charge in [0.25, 0.3) is 0 Å². The first-order valence-electron chi connectivity index (χ1n) is 11.9. The predicted octanol–water partition coefficient (Wildman–Crippen LogP) is 6.41. The summed E-state index contributed by atoms with van der Waals surface area (Å²) in [5, 5.41) is 13.4. The lowest BCUT2D eigenvalue weighted by Gasteiger charge is -2.19. The summed E-state index contributed by atoms with van der Waals surface area (Å²) >= 11 is 0. The van der Waals surface area contributed by atoms with Gasteiger partial charge in [-0.1, -0.05) is 90.2 Å². The molecule has 1 aliphatic rings. The van der Waals surface area contributed by atoms with Gasteiger partial charge in [0.15, 0.2) is 0 Å². The summed E-state index contributed by atoms with van der Waals surface area (Å²) < 4.78 is 0. The lowest BCUT2D eigenvalue weighted by atomic mass is 9.96. The first kappa shape index (κ1) is 24.2. The van der Waals surface area contributed by atoms with Crippen LogP contribution in [-0.4, -0.2) is 30.1 Å². The van der Waals surface area contributed by atoms with Gasteiger partial charge in [-0.2, -0.15) is 0 Å². The van der Waals surface area contributed by atoms with Crippen LogP contribution in [0.1, 0.15) is 110 Å². The Balaban J connectivity index is 1.81. The van der Waals surface area contributed by atoms with Gasteiger partial charge >= 0.3 is 0 Å². The SMILES string of the molecule is CCCCCCCCC=CCCCCCCCCC(C)C(O)C1=NCCN1. The van der Waals surface area contributed by atoms with E-state index < -0.39 is 6.10 Å². The zero-order chi connectivity index (χ0) is 19.6. The van der Waals surface area contributed by atoms with Crippen LogP contribution in [0.5, 0.6) is 0 Å². The predicted molar refractivity (Wildman–Crippen MR) is 120 cm³/mol. The number of rotatable bonds is 18. The van der Waals surface area contributed by atoms with Crippen LogP contribution in [0, 0.1) is 5.92 Å². The largest absolute Gasteiger partial charge is 0.385 e. The van der Waals surface area contributed by atoms with E-state index in [4.69, 9.17) is 0 Å². The van der Waals surface area contributed by atoms with Gasteiger partial charge in [0, 0.05) is 6.54 Å². The van der Waals surface area contributed by atoms with E-state index in [2.05, 4.69) is 36.3 Å². The summed E-state index contributed by atoms with van der Waals surface area (Å²) in [6.07, 6.45) is 24.3. The third kappa shape index (κ3) is 13.1. The van der Waals surface area contributed by atoms with E-state index in [0.29, 0.717) is 5.92 Å². The van der Waals surface area contributed by atoms with Crippen molar-refractivity contribution in [3.63, 3.8) is 0 Å². The molecular formula is C24H46N2O. The summed E-state index contributed by atoms with van der Waals surface area (Å²) in [6, 6.07) is 0. The van der Waals surface area contributed by atoms with Crippen LogP contribution < -0.4 is 5.32 Å². The fourth-order valence-corrected chi connectivity index (χ4v) is 3.76. The molecule has 0 aromatic carbocycles. The molecule has 2 atom stereocenters. The number of allylic oxidation sites excluding steroid dienone is 2. The molecular weight excluding hydrogens is 332 g/mol. The number of nitrogens with zero attached hydrogens (tertiary/aromatic N) is 1. The minimum atomic E-state index is -0.393. The summed E-state index contributed by atoms with van der Waals surface area (Å²) in [6.45, 7) is 6.12. The monoisotopic (exact) mass is 378 g/mol. The Hall–Kier alpha value is -0.830. The highest BCUT2D eigenvalue weighted by Gasteiger charge is 2.21.